The molecule has 1 aliphatic heterocycles. The van der Waals surface area contributed by atoms with Crippen molar-refractivity contribution in [1.29, 1.82) is 0 Å². The second-order valence-electron chi connectivity index (χ2n) is 7.34. The Hall–Kier alpha value is -2.47. The number of carbonyl (C=O) groups is 1. The summed E-state index contributed by atoms with van der Waals surface area (Å²) in [6.45, 7) is 6.46. The normalized spacial score (nSPS) is 14.8. The molecule has 1 fully saturated rings. The largest absolute Gasteiger partial charge is 0.469 e. The molecular formula is C23H24ClN3O2. The fourth-order valence-corrected chi connectivity index (χ4v) is 3.79. The first-order valence-electron chi connectivity index (χ1n) is 9.84. The molecule has 5 nitrogen and oxygen atoms in total. The third-order valence-corrected chi connectivity index (χ3v) is 5.42. The monoisotopic (exact) mass is 409 g/mol. The number of carbonyl (C=O) groups excluding carboxylic acids is 1. The highest BCUT2D eigenvalue weighted by Crippen LogP contribution is 2.23. The van der Waals surface area contributed by atoms with E-state index in [1.807, 2.05) is 49.4 Å². The number of benzene rings is 2. The molecular weight excluding hydrogens is 386 g/mol. The summed E-state index contributed by atoms with van der Waals surface area (Å²) in [7, 11) is 0. The molecule has 0 aliphatic carbocycles. The number of pyridine rings is 1. The highest BCUT2D eigenvalue weighted by atomic mass is 35.5. The lowest BCUT2D eigenvalue weighted by molar-refractivity contribution is 0.0915. The maximum atomic E-state index is 13.0. The third kappa shape index (κ3) is 4.75. The van der Waals surface area contributed by atoms with E-state index in [-0.39, 0.29) is 12.4 Å². The SMILES string of the molecule is Cc1cc2ccccc2nc1OCC(=O)c1cc(Cl)ccc1CN1CCNCC1. The number of para-hydroxylation sites is 1. The van der Waals surface area contributed by atoms with Crippen molar-refractivity contribution >= 4 is 28.3 Å². The number of ketones is 1. The zero-order valence-electron chi connectivity index (χ0n) is 16.5. The number of aryl methyl sites for hydroxylation is 1. The van der Waals surface area contributed by atoms with Crippen molar-refractivity contribution in [2.75, 3.05) is 32.8 Å². The van der Waals surface area contributed by atoms with Crippen LogP contribution < -0.4 is 10.1 Å². The van der Waals surface area contributed by atoms with Gasteiger partial charge in [-0.15, -0.1) is 0 Å². The van der Waals surface area contributed by atoms with Crippen LogP contribution in [0.1, 0.15) is 21.5 Å². The van der Waals surface area contributed by atoms with Crippen LogP contribution in [0.2, 0.25) is 5.02 Å². The first-order chi connectivity index (χ1) is 14.1. The quantitative estimate of drug-likeness (QED) is 0.626. The molecule has 1 N–H and O–H groups in total. The van der Waals surface area contributed by atoms with E-state index < -0.39 is 0 Å². The van der Waals surface area contributed by atoms with E-state index in [1.54, 1.807) is 6.07 Å². The highest BCUT2D eigenvalue weighted by molar-refractivity contribution is 6.31. The lowest BCUT2D eigenvalue weighted by Gasteiger charge is -2.27. The average Bonchev–Trinajstić information content (AvgIpc) is 2.74. The van der Waals surface area contributed by atoms with E-state index in [1.165, 1.54) is 0 Å². The van der Waals surface area contributed by atoms with Crippen molar-refractivity contribution in [3.8, 4) is 5.88 Å². The van der Waals surface area contributed by atoms with Gasteiger partial charge in [-0.1, -0.05) is 35.9 Å². The number of rotatable bonds is 6. The number of fused-ring (bicyclic) bond motifs is 1. The van der Waals surface area contributed by atoms with Crippen LogP contribution in [-0.4, -0.2) is 48.5 Å². The maximum absolute atomic E-state index is 13.0. The number of aromatic nitrogens is 1. The summed E-state index contributed by atoms with van der Waals surface area (Å²) < 4.78 is 5.82. The number of Topliss-reactive ketones (excluding diaryl/α,β-unsaturated/α-hetero) is 1. The summed E-state index contributed by atoms with van der Waals surface area (Å²) in [6, 6.07) is 15.4. The molecule has 1 aromatic heterocycles. The molecule has 0 bridgehead atoms. The van der Waals surface area contributed by atoms with Gasteiger partial charge < -0.3 is 10.1 Å². The molecule has 2 heterocycles. The molecule has 150 valence electrons. The molecule has 3 aromatic rings. The second kappa shape index (κ2) is 8.91. The number of hydrogen-bond acceptors (Lipinski definition) is 5. The Kier molecular flexibility index (Phi) is 6.09. The van der Waals surface area contributed by atoms with E-state index in [4.69, 9.17) is 16.3 Å². The number of nitrogens with zero attached hydrogens (tertiary/aromatic N) is 2. The van der Waals surface area contributed by atoms with Gasteiger partial charge in [-0.25, -0.2) is 4.98 Å². The Bertz CT molecular complexity index is 1030. The van der Waals surface area contributed by atoms with Crippen LogP contribution in [-0.2, 0) is 6.54 Å². The van der Waals surface area contributed by atoms with Gasteiger partial charge in [0.05, 0.1) is 5.52 Å². The minimum atomic E-state index is -0.0907. The molecule has 0 unspecified atom stereocenters. The third-order valence-electron chi connectivity index (χ3n) is 5.18. The van der Waals surface area contributed by atoms with Crippen molar-refractivity contribution in [3.05, 3.63) is 70.2 Å². The van der Waals surface area contributed by atoms with Crippen LogP contribution in [0, 0.1) is 6.92 Å². The lowest BCUT2D eigenvalue weighted by atomic mass is 10.0. The standard InChI is InChI=1S/C23H24ClN3O2/c1-16-12-17-4-2-3-5-21(17)26-23(16)29-15-22(28)20-13-19(24)7-6-18(20)14-27-10-8-25-9-11-27/h2-7,12-13,25H,8-11,14-15H2,1H3. The van der Waals surface area contributed by atoms with Gasteiger partial charge in [-0.2, -0.15) is 0 Å². The van der Waals surface area contributed by atoms with Gasteiger partial charge in [0.2, 0.25) is 11.7 Å². The number of ether oxygens (including phenoxy) is 1. The predicted octanol–water partition coefficient (Wildman–Crippen LogP) is 3.86. The Morgan fingerprint density at radius 3 is 2.79 bits per heavy atom. The minimum absolute atomic E-state index is 0.0684. The number of piperazine rings is 1. The number of halogens is 1. The van der Waals surface area contributed by atoms with Crippen LogP contribution >= 0.6 is 11.6 Å². The van der Waals surface area contributed by atoms with Gasteiger partial charge in [0.25, 0.3) is 0 Å². The average molecular weight is 410 g/mol. The first-order valence-corrected chi connectivity index (χ1v) is 10.2. The van der Waals surface area contributed by atoms with E-state index in [0.29, 0.717) is 16.5 Å². The summed E-state index contributed by atoms with van der Waals surface area (Å²) in [5, 5.41) is 4.95. The minimum Gasteiger partial charge on any atom is -0.469 e. The molecule has 4 rings (SSSR count). The molecule has 0 amide bonds. The van der Waals surface area contributed by atoms with Crippen molar-refractivity contribution in [2.45, 2.75) is 13.5 Å². The molecule has 0 spiro atoms. The summed E-state index contributed by atoms with van der Waals surface area (Å²) in [4.78, 5) is 19.9. The van der Waals surface area contributed by atoms with E-state index in [2.05, 4.69) is 15.2 Å². The Labute approximate surface area is 175 Å². The zero-order valence-corrected chi connectivity index (χ0v) is 17.2. The fourth-order valence-electron chi connectivity index (χ4n) is 3.62. The molecule has 29 heavy (non-hydrogen) atoms. The maximum Gasteiger partial charge on any atom is 0.217 e. The van der Waals surface area contributed by atoms with Crippen molar-refractivity contribution in [3.63, 3.8) is 0 Å². The molecule has 1 aliphatic rings. The molecule has 1 saturated heterocycles. The second-order valence-corrected chi connectivity index (χ2v) is 7.78. The predicted molar refractivity (Wildman–Crippen MR) is 116 cm³/mol. The topological polar surface area (TPSA) is 54.5 Å². The number of hydrogen-bond donors (Lipinski definition) is 1. The lowest BCUT2D eigenvalue weighted by Crippen LogP contribution is -2.43. The molecule has 0 radical (unpaired) electrons. The smallest absolute Gasteiger partial charge is 0.217 e. The van der Waals surface area contributed by atoms with Crippen LogP contribution in [0.25, 0.3) is 10.9 Å². The van der Waals surface area contributed by atoms with Crippen molar-refractivity contribution in [1.82, 2.24) is 15.2 Å². The van der Waals surface area contributed by atoms with E-state index >= 15 is 0 Å². The number of nitrogens with one attached hydrogen (secondary N) is 1. The Morgan fingerprint density at radius 1 is 1.17 bits per heavy atom. The van der Waals surface area contributed by atoms with Crippen molar-refractivity contribution < 1.29 is 9.53 Å². The van der Waals surface area contributed by atoms with Crippen LogP contribution in [0.3, 0.4) is 0 Å². The summed E-state index contributed by atoms with van der Waals surface area (Å²) in [5.41, 5.74) is 3.36. The van der Waals surface area contributed by atoms with E-state index in [9.17, 15) is 4.79 Å². The molecule has 0 atom stereocenters. The van der Waals surface area contributed by atoms with E-state index in [0.717, 1.165) is 54.8 Å². The summed E-state index contributed by atoms with van der Waals surface area (Å²) in [5.74, 6) is 0.398. The van der Waals surface area contributed by atoms with Gasteiger partial charge in [0, 0.05) is 54.3 Å². The molecule has 2 aromatic carbocycles. The van der Waals surface area contributed by atoms with Gasteiger partial charge in [0.1, 0.15) is 0 Å². The zero-order chi connectivity index (χ0) is 20.2. The molecule has 6 heteroatoms. The highest BCUT2D eigenvalue weighted by Gasteiger charge is 2.17. The van der Waals surface area contributed by atoms with Crippen LogP contribution in [0.4, 0.5) is 0 Å². The van der Waals surface area contributed by atoms with Gasteiger partial charge >= 0.3 is 0 Å². The first kappa shape index (κ1) is 19.8. The van der Waals surface area contributed by atoms with Gasteiger partial charge in [-0.05, 0) is 36.8 Å². The fraction of sp³-hybridized carbons (Fsp3) is 0.304. The van der Waals surface area contributed by atoms with Crippen LogP contribution in [0.5, 0.6) is 5.88 Å². The summed E-state index contributed by atoms with van der Waals surface area (Å²) in [6.07, 6.45) is 0. The van der Waals surface area contributed by atoms with Crippen molar-refractivity contribution in [2.24, 2.45) is 0 Å². The van der Waals surface area contributed by atoms with Gasteiger partial charge in [-0.3, -0.25) is 9.69 Å². The Morgan fingerprint density at radius 2 is 1.97 bits per heavy atom. The van der Waals surface area contributed by atoms with Gasteiger partial charge in [0.15, 0.2) is 6.61 Å². The molecule has 0 saturated carbocycles. The summed E-state index contributed by atoms with van der Waals surface area (Å²) >= 11 is 6.18. The Balaban J connectivity index is 1.51. The van der Waals surface area contributed by atoms with Crippen LogP contribution in [0.15, 0.2) is 48.5 Å².